The fraction of sp³-hybridized carbons (Fsp3) is 0.250. The van der Waals surface area contributed by atoms with Crippen molar-refractivity contribution in [3.63, 3.8) is 0 Å². The number of carbonyl (C=O) groups excluding carboxylic acids is 3. The van der Waals surface area contributed by atoms with Crippen LogP contribution in [0.2, 0.25) is 0 Å². The maximum atomic E-state index is 16.8. The van der Waals surface area contributed by atoms with E-state index in [0.29, 0.717) is 23.1 Å². The van der Waals surface area contributed by atoms with E-state index in [1.807, 2.05) is 0 Å². The topological polar surface area (TPSA) is 278 Å². The zero-order valence-electron chi connectivity index (χ0n) is 36.7. The summed E-state index contributed by atoms with van der Waals surface area (Å²) in [6, 6.07) is 20.8. The van der Waals surface area contributed by atoms with Gasteiger partial charge in [-0.1, -0.05) is 18.2 Å². The van der Waals surface area contributed by atoms with Gasteiger partial charge in [-0.3, -0.25) is 24.5 Å². The van der Waals surface area contributed by atoms with Crippen molar-refractivity contribution in [2.24, 2.45) is 5.41 Å². The molecule has 21 nitrogen and oxygen atoms in total. The molecular weight excluding hydrogens is 898 g/mol. The summed E-state index contributed by atoms with van der Waals surface area (Å²) >= 11 is 0. The highest BCUT2D eigenvalue weighted by molar-refractivity contribution is 7.85. The molecule has 1 atom stereocenters. The molecule has 0 aliphatic carbocycles. The van der Waals surface area contributed by atoms with Crippen LogP contribution in [0.3, 0.4) is 0 Å². The summed E-state index contributed by atoms with van der Waals surface area (Å²) in [5, 5.41) is 19.0. The average Bonchev–Trinajstić information content (AvgIpc) is 3.74. The summed E-state index contributed by atoms with van der Waals surface area (Å²) < 4.78 is 76.8. The van der Waals surface area contributed by atoms with Crippen molar-refractivity contribution < 1.29 is 60.2 Å². The summed E-state index contributed by atoms with van der Waals surface area (Å²) in [5.41, 5.74) is 0.434. The van der Waals surface area contributed by atoms with Crippen molar-refractivity contribution in [2.45, 2.75) is 19.9 Å². The maximum Gasteiger partial charge on any atom is 0.338 e. The van der Waals surface area contributed by atoms with Crippen LogP contribution in [0.1, 0.15) is 57.6 Å². The number of hydrogen-bond acceptors (Lipinski definition) is 18. The zero-order valence-corrected chi connectivity index (χ0v) is 37.5. The van der Waals surface area contributed by atoms with Gasteiger partial charge >= 0.3 is 17.9 Å². The van der Waals surface area contributed by atoms with E-state index in [-0.39, 0.29) is 66.1 Å². The third-order valence-electron chi connectivity index (χ3n) is 8.87. The van der Waals surface area contributed by atoms with Gasteiger partial charge in [0.15, 0.2) is 17.4 Å². The Morgan fingerprint density at radius 1 is 0.866 bits per heavy atom. The van der Waals surface area contributed by atoms with E-state index in [0.717, 1.165) is 4.68 Å². The van der Waals surface area contributed by atoms with Gasteiger partial charge in [0.25, 0.3) is 22.0 Å². The highest BCUT2D eigenvalue weighted by atomic mass is 32.2. The molecule has 3 aromatic carbocycles. The number of carbonyl (C=O) groups is 3. The summed E-state index contributed by atoms with van der Waals surface area (Å²) in [7, 11) is -0.807. The molecule has 0 saturated heterocycles. The van der Waals surface area contributed by atoms with Crippen LogP contribution >= 0.6 is 0 Å². The molecule has 3 aromatic heterocycles. The Kier molecular flexibility index (Phi) is 17.5. The number of esters is 2. The van der Waals surface area contributed by atoms with Crippen LogP contribution in [0.4, 0.5) is 10.1 Å². The molecule has 1 amide bonds. The number of benzene rings is 3. The number of amides is 1. The largest absolute Gasteiger partial charge is 0.497 e. The Morgan fingerprint density at radius 3 is 2.18 bits per heavy atom. The molecular formula is C44H46FN9O12S. The number of aromatic nitrogens is 6. The third kappa shape index (κ3) is 14.8. The molecule has 0 aliphatic heterocycles. The molecule has 0 aliphatic rings. The Hall–Kier alpha value is -7.89. The van der Waals surface area contributed by atoms with Crippen molar-refractivity contribution in [1.29, 1.82) is 5.41 Å². The second-order valence-electron chi connectivity index (χ2n) is 14.6. The maximum absolute atomic E-state index is 16.8. The molecule has 0 radical (unpaired) electrons. The Labute approximate surface area is 383 Å². The fourth-order valence-electron chi connectivity index (χ4n) is 5.72. The van der Waals surface area contributed by atoms with Crippen molar-refractivity contribution >= 4 is 39.5 Å². The lowest BCUT2D eigenvalue weighted by molar-refractivity contribution is -0.163. The molecule has 23 heteroatoms. The van der Waals surface area contributed by atoms with E-state index in [9.17, 15) is 22.8 Å². The van der Waals surface area contributed by atoms with Gasteiger partial charge in [0.2, 0.25) is 6.79 Å². The van der Waals surface area contributed by atoms with E-state index in [1.165, 1.54) is 63.3 Å². The number of amidine groups is 1. The van der Waals surface area contributed by atoms with Crippen molar-refractivity contribution in [3.8, 4) is 23.5 Å². The summed E-state index contributed by atoms with van der Waals surface area (Å²) in [5.74, 6) is -2.72. The quantitative estimate of drug-likeness (QED) is 0.0211. The standard InChI is InChI=1S/C43H42FN9O9.CH4O3S/c1-43(2,25-57-3)40(56)61-26-62-42-51-37(52-53(42)41-47-17-8-18-48-41)35(49-30-13-11-27(12-14-30)36(45)50-38(54)28-9-6-5-7-10-28)32-23-31(58-4)24-33(34(32)44)59-21-22-60-39(55)29-15-19-46-20-16-29;1-5(2,3)4/h5-20,23-24,35,49H,21-22,25-26H2,1-4H3,(H2,45,50,54);1H3,(H,2,3,4)/t35-;/m1./s1. The third-order valence-corrected chi connectivity index (χ3v) is 8.87. The lowest BCUT2D eigenvalue weighted by Crippen LogP contribution is -2.32. The lowest BCUT2D eigenvalue weighted by atomic mass is 9.95. The van der Waals surface area contributed by atoms with Crippen molar-refractivity contribution in [1.82, 2.24) is 35.0 Å². The number of nitrogens with one attached hydrogen (secondary N) is 3. The Bertz CT molecular complexity index is 2720. The van der Waals surface area contributed by atoms with Crippen LogP contribution in [0.5, 0.6) is 17.5 Å². The number of nitrogens with zero attached hydrogens (tertiary/aromatic N) is 6. The second kappa shape index (κ2) is 23.3. The molecule has 6 rings (SSSR count). The SMILES string of the molecule is COCC(C)(C)C(=O)OCOc1nc([C@H](Nc2ccc(C(=N)NC(=O)c3ccccc3)cc2)c2cc(OC)cc(OCCOC(=O)c3ccncc3)c2F)nn1-c1ncccn1.CS(=O)(=O)O. The second-order valence-corrected chi connectivity index (χ2v) is 16.0. The van der Waals surface area contributed by atoms with E-state index in [2.05, 4.69) is 35.7 Å². The smallest absolute Gasteiger partial charge is 0.338 e. The molecule has 6 aromatic rings. The van der Waals surface area contributed by atoms with Gasteiger partial charge in [-0.15, -0.1) is 9.78 Å². The van der Waals surface area contributed by atoms with Crippen LogP contribution in [0, 0.1) is 16.6 Å². The lowest BCUT2D eigenvalue weighted by Gasteiger charge is -2.21. The van der Waals surface area contributed by atoms with Gasteiger partial charge in [-0.2, -0.15) is 13.4 Å². The molecule has 4 N–H and O–H groups in total. The van der Waals surface area contributed by atoms with Crippen molar-refractivity contribution in [2.75, 3.05) is 52.4 Å². The fourth-order valence-corrected chi connectivity index (χ4v) is 5.72. The van der Waals surface area contributed by atoms with Gasteiger partial charge in [-0.25, -0.2) is 19.2 Å². The number of halogens is 1. The van der Waals surface area contributed by atoms with Crippen LogP contribution < -0.4 is 24.8 Å². The van der Waals surface area contributed by atoms with E-state index in [1.54, 1.807) is 74.5 Å². The van der Waals surface area contributed by atoms with Gasteiger partial charge < -0.3 is 39.1 Å². The number of hydrogen-bond donors (Lipinski definition) is 4. The molecule has 0 unspecified atom stereocenters. The predicted octanol–water partition coefficient (Wildman–Crippen LogP) is 4.85. The summed E-state index contributed by atoms with van der Waals surface area (Å²) in [4.78, 5) is 55.0. The highest BCUT2D eigenvalue weighted by Gasteiger charge is 2.31. The molecule has 352 valence electrons. The molecule has 0 saturated carbocycles. The van der Waals surface area contributed by atoms with Crippen LogP contribution in [0.25, 0.3) is 5.95 Å². The van der Waals surface area contributed by atoms with E-state index >= 15 is 4.39 Å². The van der Waals surface area contributed by atoms with Gasteiger partial charge in [0, 0.05) is 60.3 Å². The number of rotatable bonds is 19. The molecule has 0 fully saturated rings. The Balaban J connectivity index is 0.00000159. The Morgan fingerprint density at radius 2 is 1.54 bits per heavy atom. The molecule has 0 bridgehead atoms. The first-order valence-electron chi connectivity index (χ1n) is 19.8. The molecule has 67 heavy (non-hydrogen) atoms. The summed E-state index contributed by atoms with van der Waals surface area (Å²) in [6.07, 6.45) is 6.56. The predicted molar refractivity (Wildman–Crippen MR) is 237 cm³/mol. The number of pyridine rings is 1. The molecule has 0 spiro atoms. The van der Waals surface area contributed by atoms with Crippen molar-refractivity contribution in [3.05, 3.63) is 144 Å². The number of methoxy groups -OCH3 is 2. The highest BCUT2D eigenvalue weighted by Crippen LogP contribution is 2.36. The number of anilines is 1. The first kappa shape index (κ1) is 50.1. The minimum Gasteiger partial charge on any atom is -0.497 e. The molecule has 3 heterocycles. The zero-order chi connectivity index (χ0) is 48.6. The van der Waals surface area contributed by atoms with Gasteiger partial charge in [0.05, 0.1) is 31.0 Å². The minimum absolute atomic E-state index is 0.0305. The van der Waals surface area contributed by atoms with Gasteiger partial charge in [0.1, 0.15) is 30.8 Å². The van der Waals surface area contributed by atoms with Crippen LogP contribution in [-0.4, -0.2) is 113 Å². The normalized spacial score (nSPS) is 11.5. The average molecular weight is 944 g/mol. The summed E-state index contributed by atoms with van der Waals surface area (Å²) in [6.45, 7) is 2.39. The monoisotopic (exact) mass is 943 g/mol. The van der Waals surface area contributed by atoms with E-state index < -0.39 is 52.0 Å². The first-order chi connectivity index (χ1) is 32.0. The van der Waals surface area contributed by atoms with E-state index in [4.69, 9.17) is 38.4 Å². The van der Waals surface area contributed by atoms with Gasteiger partial charge in [-0.05, 0) is 74.5 Å². The van der Waals surface area contributed by atoms with Crippen LogP contribution in [-0.2, 0) is 29.1 Å². The van der Waals surface area contributed by atoms with Crippen LogP contribution in [0.15, 0.2) is 110 Å². The number of ether oxygens (including phenoxy) is 6. The minimum atomic E-state index is -3.67. The first-order valence-corrected chi connectivity index (χ1v) is 21.7.